The average Bonchev–Trinajstić information content (AvgIpc) is 2.69. The summed E-state index contributed by atoms with van der Waals surface area (Å²) < 4.78 is 2.08. The highest BCUT2D eigenvalue weighted by Crippen LogP contribution is 2.05. The Hall–Kier alpha value is -1.49. The number of carbonyl (C=O) groups excluding carboxylic acids is 1. The van der Waals surface area contributed by atoms with Gasteiger partial charge in [0, 0.05) is 31.5 Å². The summed E-state index contributed by atoms with van der Waals surface area (Å²) in [7, 11) is 2.02. The van der Waals surface area contributed by atoms with Crippen LogP contribution in [0.3, 0.4) is 0 Å². The van der Waals surface area contributed by atoms with Crippen molar-refractivity contribution in [2.75, 3.05) is 6.54 Å². The largest absolute Gasteiger partial charge is 0.389 e. The van der Waals surface area contributed by atoms with Gasteiger partial charge in [-0.3, -0.25) is 0 Å². The van der Waals surface area contributed by atoms with Gasteiger partial charge in [-0.1, -0.05) is 0 Å². The number of hydrogen-bond donors (Lipinski definition) is 3. The fraction of sp³-hybridized carbons (Fsp3) is 0.643. The van der Waals surface area contributed by atoms with E-state index in [0.717, 1.165) is 12.8 Å². The molecule has 5 nitrogen and oxygen atoms in total. The van der Waals surface area contributed by atoms with Gasteiger partial charge in [-0.2, -0.15) is 0 Å². The zero-order valence-corrected chi connectivity index (χ0v) is 12.2. The predicted molar refractivity (Wildman–Crippen MR) is 76.0 cm³/mol. The SMILES string of the molecule is C[C@H](CCc1cccn1C)NC(=O)NCC(C)(C)O. The van der Waals surface area contributed by atoms with Gasteiger partial charge in [0.15, 0.2) is 0 Å². The second-order valence-electron chi connectivity index (χ2n) is 5.69. The first-order chi connectivity index (χ1) is 8.78. The molecule has 108 valence electrons. The number of aryl methyl sites for hydroxylation is 2. The van der Waals surface area contributed by atoms with E-state index in [-0.39, 0.29) is 18.6 Å². The number of hydrogen-bond acceptors (Lipinski definition) is 2. The Kier molecular flexibility index (Phi) is 5.42. The van der Waals surface area contributed by atoms with Gasteiger partial charge in [-0.15, -0.1) is 0 Å². The molecule has 3 N–H and O–H groups in total. The maximum absolute atomic E-state index is 11.6. The lowest BCUT2D eigenvalue weighted by molar-refractivity contribution is 0.0818. The monoisotopic (exact) mass is 267 g/mol. The Balaban J connectivity index is 2.25. The van der Waals surface area contributed by atoms with E-state index >= 15 is 0 Å². The number of carbonyl (C=O) groups is 1. The van der Waals surface area contributed by atoms with Crippen molar-refractivity contribution < 1.29 is 9.90 Å². The average molecular weight is 267 g/mol. The Bertz CT molecular complexity index is 407. The van der Waals surface area contributed by atoms with Crippen LogP contribution >= 0.6 is 0 Å². The lowest BCUT2D eigenvalue weighted by Crippen LogP contribution is -2.46. The molecule has 0 fully saturated rings. The summed E-state index contributed by atoms with van der Waals surface area (Å²) in [5.41, 5.74) is 0.370. The smallest absolute Gasteiger partial charge is 0.315 e. The number of aliphatic hydroxyl groups is 1. The van der Waals surface area contributed by atoms with Gasteiger partial charge in [-0.05, 0) is 45.7 Å². The number of amides is 2. The summed E-state index contributed by atoms with van der Waals surface area (Å²) >= 11 is 0. The standard InChI is InChI=1S/C14H25N3O2/c1-11(7-8-12-6-5-9-17(12)4)16-13(18)15-10-14(2,3)19/h5-6,9,11,19H,7-8,10H2,1-4H3,(H2,15,16,18)/t11-/m1/s1. The van der Waals surface area contributed by atoms with Crippen molar-refractivity contribution in [3.05, 3.63) is 24.0 Å². The van der Waals surface area contributed by atoms with Crippen molar-refractivity contribution in [2.45, 2.75) is 45.3 Å². The van der Waals surface area contributed by atoms with Gasteiger partial charge in [0.2, 0.25) is 0 Å². The van der Waals surface area contributed by atoms with Gasteiger partial charge in [0.25, 0.3) is 0 Å². The molecule has 2 amide bonds. The molecular weight excluding hydrogens is 242 g/mol. The van der Waals surface area contributed by atoms with E-state index in [1.54, 1.807) is 13.8 Å². The summed E-state index contributed by atoms with van der Waals surface area (Å²) in [6, 6.07) is 3.96. The second-order valence-corrected chi connectivity index (χ2v) is 5.69. The molecule has 0 spiro atoms. The van der Waals surface area contributed by atoms with Crippen LogP contribution in [0.5, 0.6) is 0 Å². The molecule has 0 radical (unpaired) electrons. The minimum absolute atomic E-state index is 0.0942. The highest BCUT2D eigenvalue weighted by molar-refractivity contribution is 5.74. The molecule has 1 aromatic rings. The van der Waals surface area contributed by atoms with Crippen molar-refractivity contribution in [1.29, 1.82) is 0 Å². The van der Waals surface area contributed by atoms with Gasteiger partial charge in [0.1, 0.15) is 0 Å². The van der Waals surface area contributed by atoms with Crippen molar-refractivity contribution >= 4 is 6.03 Å². The van der Waals surface area contributed by atoms with Gasteiger partial charge >= 0.3 is 6.03 Å². The van der Waals surface area contributed by atoms with E-state index in [9.17, 15) is 9.90 Å². The number of aromatic nitrogens is 1. The molecule has 1 rings (SSSR count). The molecule has 0 aliphatic heterocycles. The zero-order chi connectivity index (χ0) is 14.5. The number of nitrogens with one attached hydrogen (secondary N) is 2. The maximum Gasteiger partial charge on any atom is 0.315 e. The van der Waals surface area contributed by atoms with Crippen molar-refractivity contribution in [3.8, 4) is 0 Å². The van der Waals surface area contributed by atoms with Crippen LogP contribution in [-0.4, -0.2) is 33.9 Å². The van der Waals surface area contributed by atoms with Gasteiger partial charge in [-0.25, -0.2) is 4.79 Å². The second kappa shape index (κ2) is 6.61. The van der Waals surface area contributed by atoms with Crippen molar-refractivity contribution in [3.63, 3.8) is 0 Å². The number of urea groups is 1. The minimum atomic E-state index is -0.885. The first-order valence-electron chi connectivity index (χ1n) is 6.65. The van der Waals surface area contributed by atoms with Crippen LogP contribution < -0.4 is 10.6 Å². The summed E-state index contributed by atoms with van der Waals surface area (Å²) in [4.78, 5) is 11.6. The molecule has 19 heavy (non-hydrogen) atoms. The first-order valence-corrected chi connectivity index (χ1v) is 6.65. The molecule has 0 unspecified atom stereocenters. The summed E-state index contributed by atoms with van der Waals surface area (Å²) in [6.07, 6.45) is 3.83. The Morgan fingerprint density at radius 3 is 2.74 bits per heavy atom. The lowest BCUT2D eigenvalue weighted by atomic mass is 10.1. The third-order valence-electron chi connectivity index (χ3n) is 2.94. The molecule has 0 saturated heterocycles. The third-order valence-corrected chi connectivity index (χ3v) is 2.94. The molecular formula is C14H25N3O2. The molecule has 1 heterocycles. The van der Waals surface area contributed by atoms with E-state index in [4.69, 9.17) is 0 Å². The first kappa shape index (κ1) is 15.6. The Morgan fingerprint density at radius 1 is 1.53 bits per heavy atom. The zero-order valence-electron chi connectivity index (χ0n) is 12.2. The van der Waals surface area contributed by atoms with Crippen LogP contribution in [0.1, 0.15) is 32.9 Å². The van der Waals surface area contributed by atoms with Crippen LogP contribution in [0.4, 0.5) is 4.79 Å². The number of nitrogens with zero attached hydrogens (tertiary/aromatic N) is 1. The van der Waals surface area contributed by atoms with E-state index in [2.05, 4.69) is 21.3 Å². The molecule has 1 aromatic heterocycles. The number of rotatable bonds is 6. The van der Waals surface area contributed by atoms with E-state index in [1.807, 2.05) is 26.2 Å². The van der Waals surface area contributed by atoms with E-state index in [1.165, 1.54) is 5.69 Å². The van der Waals surface area contributed by atoms with Crippen LogP contribution in [0.25, 0.3) is 0 Å². The van der Waals surface area contributed by atoms with Gasteiger partial charge in [0.05, 0.1) is 5.60 Å². The normalized spacial score (nSPS) is 13.1. The van der Waals surface area contributed by atoms with Crippen molar-refractivity contribution in [2.24, 2.45) is 7.05 Å². The molecule has 5 heteroatoms. The fourth-order valence-corrected chi connectivity index (χ4v) is 1.76. The molecule has 0 saturated carbocycles. The van der Waals surface area contributed by atoms with Crippen LogP contribution in [0, 0.1) is 0 Å². The molecule has 0 aromatic carbocycles. The molecule has 0 aliphatic carbocycles. The highest BCUT2D eigenvalue weighted by atomic mass is 16.3. The fourth-order valence-electron chi connectivity index (χ4n) is 1.76. The molecule has 0 aliphatic rings. The topological polar surface area (TPSA) is 66.3 Å². The third kappa shape index (κ3) is 6.29. The van der Waals surface area contributed by atoms with Crippen LogP contribution in [-0.2, 0) is 13.5 Å². The molecule has 1 atom stereocenters. The quantitative estimate of drug-likeness (QED) is 0.729. The summed E-state index contributed by atoms with van der Waals surface area (Å²) in [5, 5.41) is 15.0. The van der Waals surface area contributed by atoms with Gasteiger partial charge < -0.3 is 20.3 Å². The minimum Gasteiger partial charge on any atom is -0.389 e. The Labute approximate surface area is 115 Å². The van der Waals surface area contributed by atoms with E-state index < -0.39 is 5.60 Å². The molecule has 0 bridgehead atoms. The van der Waals surface area contributed by atoms with Crippen LogP contribution in [0.2, 0.25) is 0 Å². The lowest BCUT2D eigenvalue weighted by Gasteiger charge is -2.20. The van der Waals surface area contributed by atoms with Crippen molar-refractivity contribution in [1.82, 2.24) is 15.2 Å². The summed E-state index contributed by atoms with van der Waals surface area (Å²) in [5.74, 6) is 0. The Morgan fingerprint density at radius 2 is 2.21 bits per heavy atom. The van der Waals surface area contributed by atoms with Crippen LogP contribution in [0.15, 0.2) is 18.3 Å². The maximum atomic E-state index is 11.6. The predicted octanol–water partition coefficient (Wildman–Crippen LogP) is 1.42. The van der Waals surface area contributed by atoms with E-state index in [0.29, 0.717) is 0 Å². The summed E-state index contributed by atoms with van der Waals surface area (Å²) in [6.45, 7) is 5.54. The highest BCUT2D eigenvalue weighted by Gasteiger charge is 2.14.